The number of benzene rings is 2. The minimum atomic E-state index is -4.32. The van der Waals surface area contributed by atoms with Gasteiger partial charge in [0, 0.05) is 27.8 Å². The predicted molar refractivity (Wildman–Crippen MR) is 79.6 cm³/mol. The molecule has 1 aromatic heterocycles. The number of alkyl halides is 3. The summed E-state index contributed by atoms with van der Waals surface area (Å²) in [6.45, 7) is 6.03. The number of hydrogen-bond donors (Lipinski definition) is 0. The van der Waals surface area contributed by atoms with Crippen molar-refractivity contribution in [1.29, 1.82) is 0 Å². The van der Waals surface area contributed by atoms with Crippen molar-refractivity contribution >= 4 is 21.8 Å². The number of rotatable bonds is 1. The van der Waals surface area contributed by atoms with Crippen LogP contribution in [0.2, 0.25) is 0 Å². The molecule has 3 rings (SSSR count). The van der Waals surface area contributed by atoms with E-state index in [0.717, 1.165) is 28.0 Å². The van der Waals surface area contributed by atoms with Crippen LogP contribution in [0.1, 0.15) is 31.0 Å². The lowest BCUT2D eigenvalue weighted by Gasteiger charge is -2.12. The fraction of sp³-hybridized carbons (Fsp3) is 0.294. The highest BCUT2D eigenvalue weighted by atomic mass is 19.4. The molecule has 0 aliphatic heterocycles. The zero-order valence-electron chi connectivity index (χ0n) is 12.1. The van der Waals surface area contributed by atoms with Crippen molar-refractivity contribution in [2.75, 3.05) is 0 Å². The van der Waals surface area contributed by atoms with Gasteiger partial charge in [-0.3, -0.25) is 0 Å². The van der Waals surface area contributed by atoms with Crippen LogP contribution in [0.4, 0.5) is 13.2 Å². The van der Waals surface area contributed by atoms with Gasteiger partial charge in [0.15, 0.2) is 0 Å². The lowest BCUT2D eigenvalue weighted by Crippen LogP contribution is -2.04. The highest BCUT2D eigenvalue weighted by molar-refractivity contribution is 6.08. The first-order chi connectivity index (χ1) is 9.79. The van der Waals surface area contributed by atoms with Crippen LogP contribution in [0, 0.1) is 6.92 Å². The van der Waals surface area contributed by atoms with Gasteiger partial charge in [0.25, 0.3) is 0 Å². The molecule has 1 heterocycles. The molecule has 0 atom stereocenters. The molecular weight excluding hydrogens is 275 g/mol. The topological polar surface area (TPSA) is 4.93 Å². The highest BCUT2D eigenvalue weighted by Gasteiger charge is 2.31. The van der Waals surface area contributed by atoms with Gasteiger partial charge >= 0.3 is 6.18 Å². The Morgan fingerprint density at radius 3 is 2.05 bits per heavy atom. The van der Waals surface area contributed by atoms with E-state index in [4.69, 9.17) is 0 Å². The molecule has 2 aromatic carbocycles. The summed E-state index contributed by atoms with van der Waals surface area (Å²) in [6, 6.07) is 10.1. The maximum Gasteiger partial charge on any atom is 0.416 e. The van der Waals surface area contributed by atoms with Gasteiger partial charge in [0.05, 0.1) is 5.56 Å². The van der Waals surface area contributed by atoms with Crippen LogP contribution < -0.4 is 0 Å². The number of halogens is 3. The number of fused-ring (bicyclic) bond motifs is 3. The summed E-state index contributed by atoms with van der Waals surface area (Å²) in [7, 11) is 0. The molecule has 0 saturated heterocycles. The Labute approximate surface area is 121 Å². The van der Waals surface area contributed by atoms with Gasteiger partial charge < -0.3 is 4.57 Å². The zero-order chi connectivity index (χ0) is 15.4. The normalized spacial score (nSPS) is 12.7. The van der Waals surface area contributed by atoms with Crippen molar-refractivity contribution in [2.24, 2.45) is 0 Å². The smallest absolute Gasteiger partial charge is 0.338 e. The molecule has 0 bridgehead atoms. The van der Waals surface area contributed by atoms with E-state index in [1.54, 1.807) is 6.07 Å². The molecule has 0 unspecified atom stereocenters. The fourth-order valence-electron chi connectivity index (χ4n) is 2.90. The Morgan fingerprint density at radius 2 is 1.48 bits per heavy atom. The molecule has 0 amide bonds. The minimum absolute atomic E-state index is 0.185. The average Bonchev–Trinajstić information content (AvgIpc) is 2.70. The lowest BCUT2D eigenvalue weighted by atomic mass is 10.1. The standard InChI is InChI=1S/C17H16F3N/c1-10(2)21-15-6-4-11(3)8-13(15)14-9-12(17(18,19)20)5-7-16(14)21/h4-10H,1-3H3. The predicted octanol–water partition coefficient (Wildman–Crippen LogP) is 5.70. The number of hydrogen-bond acceptors (Lipinski definition) is 0. The maximum atomic E-state index is 13.0. The van der Waals surface area contributed by atoms with Gasteiger partial charge in [-0.25, -0.2) is 0 Å². The van der Waals surface area contributed by atoms with E-state index in [9.17, 15) is 13.2 Å². The van der Waals surface area contributed by atoms with Crippen LogP contribution in [0.5, 0.6) is 0 Å². The van der Waals surface area contributed by atoms with E-state index in [-0.39, 0.29) is 6.04 Å². The molecule has 3 aromatic rings. The van der Waals surface area contributed by atoms with Gasteiger partial charge in [-0.15, -0.1) is 0 Å². The van der Waals surface area contributed by atoms with Crippen LogP contribution in [-0.2, 0) is 6.18 Å². The van der Waals surface area contributed by atoms with Crippen molar-refractivity contribution in [2.45, 2.75) is 33.0 Å². The first-order valence-electron chi connectivity index (χ1n) is 6.90. The molecular formula is C17H16F3N. The van der Waals surface area contributed by atoms with E-state index in [1.165, 1.54) is 6.07 Å². The van der Waals surface area contributed by atoms with Crippen LogP contribution >= 0.6 is 0 Å². The van der Waals surface area contributed by atoms with Crippen molar-refractivity contribution in [1.82, 2.24) is 4.57 Å². The van der Waals surface area contributed by atoms with Crippen molar-refractivity contribution < 1.29 is 13.2 Å². The molecule has 0 N–H and O–H groups in total. The Hall–Kier alpha value is -1.97. The summed E-state index contributed by atoms with van der Waals surface area (Å²) < 4.78 is 40.9. The van der Waals surface area contributed by atoms with Crippen molar-refractivity contribution in [3.63, 3.8) is 0 Å². The first kappa shape index (κ1) is 14.0. The van der Waals surface area contributed by atoms with Gasteiger partial charge in [0.1, 0.15) is 0 Å². The van der Waals surface area contributed by atoms with Crippen molar-refractivity contribution in [3.8, 4) is 0 Å². The summed E-state index contributed by atoms with van der Waals surface area (Å²) in [5, 5.41) is 1.54. The molecule has 0 fully saturated rings. The SMILES string of the molecule is Cc1ccc2c(c1)c1cc(C(F)(F)F)ccc1n2C(C)C. The largest absolute Gasteiger partial charge is 0.416 e. The molecule has 1 nitrogen and oxygen atoms in total. The minimum Gasteiger partial charge on any atom is -0.338 e. The van der Waals surface area contributed by atoms with E-state index >= 15 is 0 Å². The Morgan fingerprint density at radius 1 is 0.905 bits per heavy atom. The van der Waals surface area contributed by atoms with Crippen LogP contribution in [0.3, 0.4) is 0 Å². The second-order valence-electron chi connectivity index (χ2n) is 5.71. The van der Waals surface area contributed by atoms with Gasteiger partial charge in [-0.1, -0.05) is 11.6 Å². The third kappa shape index (κ3) is 2.19. The molecule has 4 heteroatoms. The summed E-state index contributed by atoms with van der Waals surface area (Å²) >= 11 is 0. The third-order valence-corrected chi connectivity index (χ3v) is 3.80. The summed E-state index contributed by atoms with van der Waals surface area (Å²) in [6.07, 6.45) is -4.32. The van der Waals surface area contributed by atoms with E-state index in [0.29, 0.717) is 5.39 Å². The second-order valence-corrected chi connectivity index (χ2v) is 5.71. The van der Waals surface area contributed by atoms with Gasteiger partial charge in [-0.2, -0.15) is 13.2 Å². The molecule has 21 heavy (non-hydrogen) atoms. The number of aromatic nitrogens is 1. The van der Waals surface area contributed by atoms with Crippen LogP contribution in [0.15, 0.2) is 36.4 Å². The number of nitrogens with zero attached hydrogens (tertiary/aromatic N) is 1. The van der Waals surface area contributed by atoms with E-state index < -0.39 is 11.7 Å². The quantitative estimate of drug-likeness (QED) is 0.541. The zero-order valence-corrected chi connectivity index (χ0v) is 12.1. The highest BCUT2D eigenvalue weighted by Crippen LogP contribution is 2.37. The number of aryl methyl sites for hydroxylation is 1. The Kier molecular flexibility index (Phi) is 3.01. The fourth-order valence-corrected chi connectivity index (χ4v) is 2.90. The molecule has 0 aliphatic carbocycles. The van der Waals surface area contributed by atoms with Gasteiger partial charge in [0.2, 0.25) is 0 Å². The Balaban J connectivity index is 2.46. The Bertz CT molecular complexity index is 825. The third-order valence-electron chi connectivity index (χ3n) is 3.80. The van der Waals surface area contributed by atoms with Crippen LogP contribution in [-0.4, -0.2) is 4.57 Å². The first-order valence-corrected chi connectivity index (χ1v) is 6.90. The van der Waals surface area contributed by atoms with Crippen molar-refractivity contribution in [3.05, 3.63) is 47.5 Å². The molecule has 0 spiro atoms. The average molecular weight is 291 g/mol. The second kappa shape index (κ2) is 4.52. The van der Waals surface area contributed by atoms with E-state index in [1.807, 2.05) is 39.0 Å². The molecule has 0 aliphatic rings. The van der Waals surface area contributed by atoms with Crippen LogP contribution in [0.25, 0.3) is 21.8 Å². The van der Waals surface area contributed by atoms with Gasteiger partial charge in [-0.05, 0) is 51.1 Å². The molecule has 0 saturated carbocycles. The summed E-state index contributed by atoms with van der Waals surface area (Å²) in [5.74, 6) is 0. The monoisotopic (exact) mass is 291 g/mol. The maximum absolute atomic E-state index is 13.0. The molecule has 0 radical (unpaired) electrons. The summed E-state index contributed by atoms with van der Waals surface area (Å²) in [4.78, 5) is 0. The van der Waals surface area contributed by atoms with E-state index in [2.05, 4.69) is 4.57 Å². The summed E-state index contributed by atoms with van der Waals surface area (Å²) in [5.41, 5.74) is 2.27. The molecule has 110 valence electrons. The lowest BCUT2D eigenvalue weighted by molar-refractivity contribution is -0.137.